The van der Waals surface area contributed by atoms with Gasteiger partial charge in [-0.05, 0) is 86.1 Å². The molecule has 3 aliphatic carbocycles. The van der Waals surface area contributed by atoms with Gasteiger partial charge in [0.2, 0.25) is 0 Å². The summed E-state index contributed by atoms with van der Waals surface area (Å²) in [6, 6.07) is 14.7. The van der Waals surface area contributed by atoms with E-state index in [1.807, 2.05) is 43.2 Å². The van der Waals surface area contributed by atoms with Crippen molar-refractivity contribution in [1.29, 1.82) is 0 Å². The van der Waals surface area contributed by atoms with Crippen molar-refractivity contribution < 1.29 is 9.53 Å². The first-order valence-corrected chi connectivity index (χ1v) is 13.6. The molecular formula is C30H35ClN2O2. The number of ether oxygens (including phenoxy) is 1. The molecule has 5 heteroatoms. The van der Waals surface area contributed by atoms with Crippen molar-refractivity contribution in [2.75, 3.05) is 7.11 Å². The first kappa shape index (κ1) is 23.2. The second-order valence-corrected chi connectivity index (χ2v) is 11.6. The molecule has 2 saturated carbocycles. The summed E-state index contributed by atoms with van der Waals surface area (Å²) in [4.78, 5) is 21.8. The smallest absolute Gasteiger partial charge is 0.261 e. The Hall–Kier alpha value is -2.17. The lowest BCUT2D eigenvalue weighted by molar-refractivity contribution is -0.138. The van der Waals surface area contributed by atoms with Crippen LogP contribution in [-0.4, -0.2) is 29.9 Å². The molecule has 0 bridgehead atoms. The number of aliphatic imine (C=N–C) groups is 1. The van der Waals surface area contributed by atoms with Gasteiger partial charge in [-0.2, -0.15) is 0 Å². The molecule has 0 N–H and O–H groups in total. The Morgan fingerprint density at radius 1 is 1.11 bits per heavy atom. The van der Waals surface area contributed by atoms with Gasteiger partial charge in [0.05, 0.1) is 12.6 Å². The number of fused-ring (bicyclic) bond motifs is 3. The third-order valence-corrected chi connectivity index (χ3v) is 9.55. The maximum absolute atomic E-state index is 14.6. The zero-order valence-electron chi connectivity index (χ0n) is 20.9. The number of rotatable bonds is 6. The number of amides is 1. The van der Waals surface area contributed by atoms with Crippen LogP contribution in [0.3, 0.4) is 0 Å². The summed E-state index contributed by atoms with van der Waals surface area (Å²) in [5.41, 5.74) is 3.76. The van der Waals surface area contributed by atoms with Crippen molar-refractivity contribution in [3.8, 4) is 0 Å². The standard InChI is InChI=1S/C30H35ClN2O2/c1-20-32-30(28(34)33(20)19-24-5-3-4-6-27(24)31)26-17-22(10-9-21-7-8-21)11-12-23(26)18-29(30)15-13-25(35-2)14-16-29/h3-6,11-12,17,21,25H,7-10,13-16,18-19H2,1-2H3. The van der Waals surface area contributed by atoms with E-state index in [1.54, 1.807) is 0 Å². The third-order valence-electron chi connectivity index (χ3n) is 9.18. The molecule has 6 rings (SSSR count). The molecule has 0 aromatic heterocycles. The minimum atomic E-state index is -0.831. The van der Waals surface area contributed by atoms with E-state index in [0.29, 0.717) is 11.6 Å². The average Bonchev–Trinajstić information content (AvgIpc) is 3.62. The number of carbonyl (C=O) groups is 1. The molecule has 1 atom stereocenters. The Labute approximate surface area is 213 Å². The zero-order chi connectivity index (χ0) is 24.2. The molecule has 2 aromatic rings. The first-order valence-electron chi connectivity index (χ1n) is 13.2. The van der Waals surface area contributed by atoms with Crippen molar-refractivity contribution in [2.45, 2.75) is 82.9 Å². The summed E-state index contributed by atoms with van der Waals surface area (Å²) < 4.78 is 5.72. The predicted octanol–water partition coefficient (Wildman–Crippen LogP) is 6.47. The largest absolute Gasteiger partial charge is 0.381 e. The maximum atomic E-state index is 14.6. The second kappa shape index (κ2) is 8.74. The van der Waals surface area contributed by atoms with Gasteiger partial charge in [0.15, 0.2) is 5.54 Å². The number of benzene rings is 2. The van der Waals surface area contributed by atoms with Crippen LogP contribution in [0.2, 0.25) is 5.02 Å². The summed E-state index contributed by atoms with van der Waals surface area (Å²) >= 11 is 6.50. The van der Waals surface area contributed by atoms with Gasteiger partial charge in [-0.15, -0.1) is 0 Å². The molecule has 0 saturated heterocycles. The summed E-state index contributed by atoms with van der Waals surface area (Å²) in [5, 5.41) is 0.693. The van der Waals surface area contributed by atoms with E-state index in [-0.39, 0.29) is 17.4 Å². The molecule has 2 fully saturated rings. The monoisotopic (exact) mass is 490 g/mol. The van der Waals surface area contributed by atoms with Crippen LogP contribution >= 0.6 is 11.6 Å². The normalized spacial score (nSPS) is 29.8. The van der Waals surface area contributed by atoms with E-state index in [2.05, 4.69) is 18.2 Å². The number of aryl methyl sites for hydroxylation is 1. The lowest BCUT2D eigenvalue weighted by Crippen LogP contribution is -2.51. The van der Waals surface area contributed by atoms with Crippen molar-refractivity contribution in [1.82, 2.24) is 4.90 Å². The summed E-state index contributed by atoms with van der Waals surface area (Å²) in [6.45, 7) is 2.45. The van der Waals surface area contributed by atoms with Gasteiger partial charge in [0.25, 0.3) is 5.91 Å². The van der Waals surface area contributed by atoms with Gasteiger partial charge in [-0.1, -0.05) is 60.8 Å². The fourth-order valence-electron chi connectivity index (χ4n) is 6.94. The summed E-state index contributed by atoms with van der Waals surface area (Å²) in [7, 11) is 1.81. The van der Waals surface area contributed by atoms with Gasteiger partial charge in [-0.25, -0.2) is 0 Å². The average molecular weight is 491 g/mol. The molecule has 2 aromatic carbocycles. The minimum Gasteiger partial charge on any atom is -0.381 e. The molecular weight excluding hydrogens is 456 g/mol. The molecule has 4 nitrogen and oxygen atoms in total. The van der Waals surface area contributed by atoms with Gasteiger partial charge in [0, 0.05) is 17.5 Å². The number of amidine groups is 1. The summed E-state index contributed by atoms with van der Waals surface area (Å²) in [6.07, 6.45) is 10.2. The van der Waals surface area contributed by atoms with Crippen LogP contribution in [-0.2, 0) is 34.5 Å². The Morgan fingerprint density at radius 3 is 2.60 bits per heavy atom. The van der Waals surface area contributed by atoms with Crippen molar-refractivity contribution in [2.24, 2.45) is 16.3 Å². The molecule has 1 unspecified atom stereocenters. The SMILES string of the molecule is COC1CCC2(CC1)Cc1ccc(CCC3CC3)cc1C21N=C(C)N(Cc2ccccc2Cl)C1=O. The van der Waals surface area contributed by atoms with Crippen molar-refractivity contribution in [3.05, 3.63) is 69.7 Å². The number of hydrogen-bond acceptors (Lipinski definition) is 3. The van der Waals surface area contributed by atoms with Gasteiger partial charge in [0.1, 0.15) is 5.84 Å². The molecule has 184 valence electrons. The number of halogens is 1. The van der Waals surface area contributed by atoms with Gasteiger partial charge in [-0.3, -0.25) is 14.7 Å². The molecule has 35 heavy (non-hydrogen) atoms. The van der Waals surface area contributed by atoms with E-state index < -0.39 is 5.54 Å². The molecule has 4 aliphatic rings. The zero-order valence-corrected chi connectivity index (χ0v) is 21.6. The van der Waals surface area contributed by atoms with Crippen molar-refractivity contribution >= 4 is 23.3 Å². The molecule has 1 heterocycles. The van der Waals surface area contributed by atoms with Crippen LogP contribution in [0.15, 0.2) is 47.5 Å². The molecule has 2 spiro atoms. The number of carbonyl (C=O) groups excluding carboxylic acids is 1. The highest BCUT2D eigenvalue weighted by atomic mass is 35.5. The lowest BCUT2D eigenvalue weighted by atomic mass is 9.61. The Morgan fingerprint density at radius 2 is 1.89 bits per heavy atom. The summed E-state index contributed by atoms with van der Waals surface area (Å²) in [5.74, 6) is 1.83. The fraction of sp³-hybridized carbons (Fsp3) is 0.533. The quantitative estimate of drug-likeness (QED) is 0.465. The Bertz CT molecular complexity index is 1180. The molecule has 0 radical (unpaired) electrons. The third kappa shape index (κ3) is 3.76. The Balaban J connectivity index is 1.41. The lowest BCUT2D eigenvalue weighted by Gasteiger charge is -2.45. The van der Waals surface area contributed by atoms with Crippen molar-refractivity contribution in [3.63, 3.8) is 0 Å². The van der Waals surface area contributed by atoms with Crippen LogP contribution in [0.5, 0.6) is 0 Å². The van der Waals surface area contributed by atoms with Crippen LogP contribution in [0.4, 0.5) is 0 Å². The highest BCUT2D eigenvalue weighted by Crippen LogP contribution is 2.62. The maximum Gasteiger partial charge on any atom is 0.261 e. The Kier molecular flexibility index (Phi) is 5.80. The first-order chi connectivity index (χ1) is 17.0. The number of hydrogen-bond donors (Lipinski definition) is 0. The van der Waals surface area contributed by atoms with Gasteiger partial charge >= 0.3 is 0 Å². The predicted molar refractivity (Wildman–Crippen MR) is 140 cm³/mol. The second-order valence-electron chi connectivity index (χ2n) is 11.2. The van der Waals surface area contributed by atoms with E-state index in [0.717, 1.165) is 61.4 Å². The fourth-order valence-corrected chi connectivity index (χ4v) is 7.14. The van der Waals surface area contributed by atoms with Gasteiger partial charge < -0.3 is 4.74 Å². The number of nitrogens with zero attached hydrogens (tertiary/aromatic N) is 2. The minimum absolute atomic E-state index is 0.129. The van der Waals surface area contributed by atoms with Crippen LogP contribution < -0.4 is 0 Å². The number of methoxy groups -OCH3 is 1. The molecule has 1 amide bonds. The van der Waals surface area contributed by atoms with E-state index >= 15 is 0 Å². The van der Waals surface area contributed by atoms with E-state index in [4.69, 9.17) is 21.3 Å². The van der Waals surface area contributed by atoms with E-state index in [9.17, 15) is 4.79 Å². The highest BCUT2D eigenvalue weighted by molar-refractivity contribution is 6.31. The highest BCUT2D eigenvalue weighted by Gasteiger charge is 2.66. The van der Waals surface area contributed by atoms with E-state index in [1.165, 1.54) is 30.4 Å². The van der Waals surface area contributed by atoms with Crippen LogP contribution in [0.1, 0.15) is 74.1 Å². The topological polar surface area (TPSA) is 41.9 Å². The molecule has 1 aliphatic heterocycles. The van der Waals surface area contributed by atoms with Crippen LogP contribution in [0, 0.1) is 11.3 Å². The van der Waals surface area contributed by atoms with Crippen LogP contribution in [0.25, 0.3) is 0 Å².